The van der Waals surface area contributed by atoms with Crippen molar-refractivity contribution in [2.75, 3.05) is 5.32 Å². The lowest BCUT2D eigenvalue weighted by atomic mass is 9.87. The summed E-state index contributed by atoms with van der Waals surface area (Å²) in [6.07, 6.45) is 3.68. The van der Waals surface area contributed by atoms with Crippen molar-refractivity contribution in [3.8, 4) is 0 Å². The van der Waals surface area contributed by atoms with Gasteiger partial charge in [-0.1, -0.05) is 60.7 Å². The zero-order valence-corrected chi connectivity index (χ0v) is 12.0. The molecule has 1 aliphatic rings. The molecule has 21 heavy (non-hydrogen) atoms. The van der Waals surface area contributed by atoms with Crippen LogP contribution in [0.15, 0.2) is 66.7 Å². The van der Waals surface area contributed by atoms with Crippen LogP contribution in [-0.2, 0) is 6.42 Å². The first kappa shape index (κ1) is 12.5. The SMILES string of the molecule is c1ccc2c(c1)CCCC2Nc1cccc2ccccc12. The van der Waals surface area contributed by atoms with Gasteiger partial charge in [-0.2, -0.15) is 0 Å². The van der Waals surface area contributed by atoms with Gasteiger partial charge in [-0.15, -0.1) is 0 Å². The van der Waals surface area contributed by atoms with Crippen LogP contribution in [0.25, 0.3) is 10.8 Å². The predicted molar refractivity (Wildman–Crippen MR) is 89.7 cm³/mol. The maximum atomic E-state index is 3.78. The fourth-order valence-electron chi connectivity index (χ4n) is 3.44. The van der Waals surface area contributed by atoms with Crippen molar-refractivity contribution in [3.05, 3.63) is 77.9 Å². The Kier molecular flexibility index (Phi) is 3.11. The summed E-state index contributed by atoms with van der Waals surface area (Å²) in [5.41, 5.74) is 4.22. The van der Waals surface area contributed by atoms with Gasteiger partial charge in [0.15, 0.2) is 0 Å². The maximum Gasteiger partial charge on any atom is 0.0516 e. The fraction of sp³-hybridized carbons (Fsp3) is 0.200. The van der Waals surface area contributed by atoms with Crippen LogP contribution < -0.4 is 5.32 Å². The zero-order chi connectivity index (χ0) is 14.1. The largest absolute Gasteiger partial charge is 0.378 e. The van der Waals surface area contributed by atoms with E-state index in [1.807, 2.05) is 0 Å². The fourth-order valence-corrected chi connectivity index (χ4v) is 3.44. The van der Waals surface area contributed by atoms with E-state index >= 15 is 0 Å². The molecule has 1 heteroatoms. The van der Waals surface area contributed by atoms with Crippen LogP contribution >= 0.6 is 0 Å². The summed E-state index contributed by atoms with van der Waals surface area (Å²) in [5, 5.41) is 6.39. The number of hydrogen-bond acceptors (Lipinski definition) is 1. The van der Waals surface area contributed by atoms with Gasteiger partial charge < -0.3 is 5.32 Å². The number of hydrogen-bond donors (Lipinski definition) is 1. The summed E-state index contributed by atoms with van der Waals surface area (Å²) >= 11 is 0. The van der Waals surface area contributed by atoms with Crippen LogP contribution in [0, 0.1) is 0 Å². The topological polar surface area (TPSA) is 12.0 Å². The summed E-state index contributed by atoms with van der Waals surface area (Å²) in [4.78, 5) is 0. The molecule has 1 nitrogen and oxygen atoms in total. The highest BCUT2D eigenvalue weighted by atomic mass is 14.9. The van der Waals surface area contributed by atoms with Gasteiger partial charge in [-0.05, 0) is 41.8 Å². The van der Waals surface area contributed by atoms with Gasteiger partial charge in [-0.25, -0.2) is 0 Å². The molecule has 3 aromatic rings. The van der Waals surface area contributed by atoms with E-state index in [1.54, 1.807) is 0 Å². The monoisotopic (exact) mass is 273 g/mol. The quantitative estimate of drug-likeness (QED) is 0.665. The summed E-state index contributed by atoms with van der Waals surface area (Å²) in [6, 6.07) is 24.4. The first-order valence-corrected chi connectivity index (χ1v) is 7.74. The van der Waals surface area contributed by atoms with E-state index in [0.29, 0.717) is 6.04 Å². The van der Waals surface area contributed by atoms with Gasteiger partial charge in [0, 0.05) is 11.1 Å². The second-order valence-electron chi connectivity index (χ2n) is 5.81. The van der Waals surface area contributed by atoms with Crippen molar-refractivity contribution < 1.29 is 0 Å². The van der Waals surface area contributed by atoms with E-state index in [4.69, 9.17) is 0 Å². The zero-order valence-electron chi connectivity index (χ0n) is 12.0. The third kappa shape index (κ3) is 2.29. The average molecular weight is 273 g/mol. The summed E-state index contributed by atoms with van der Waals surface area (Å²) in [7, 11) is 0. The predicted octanol–water partition coefficient (Wildman–Crippen LogP) is 5.33. The maximum absolute atomic E-state index is 3.78. The molecule has 0 saturated carbocycles. The molecule has 0 heterocycles. The van der Waals surface area contributed by atoms with Crippen molar-refractivity contribution in [1.82, 2.24) is 0 Å². The second kappa shape index (κ2) is 5.25. The van der Waals surface area contributed by atoms with E-state index in [-0.39, 0.29) is 0 Å². The van der Waals surface area contributed by atoms with E-state index in [1.165, 1.54) is 46.8 Å². The number of anilines is 1. The molecule has 3 aromatic carbocycles. The Hall–Kier alpha value is -2.28. The lowest BCUT2D eigenvalue weighted by molar-refractivity contribution is 0.601. The van der Waals surface area contributed by atoms with Crippen LogP contribution in [0.2, 0.25) is 0 Å². The minimum absolute atomic E-state index is 0.431. The van der Waals surface area contributed by atoms with Crippen LogP contribution in [0.1, 0.15) is 30.0 Å². The third-order valence-corrected chi connectivity index (χ3v) is 4.49. The summed E-state index contributed by atoms with van der Waals surface area (Å²) in [6.45, 7) is 0. The molecule has 1 aliphatic carbocycles. The van der Waals surface area contributed by atoms with Crippen molar-refractivity contribution in [2.45, 2.75) is 25.3 Å². The van der Waals surface area contributed by atoms with E-state index in [9.17, 15) is 0 Å². The van der Waals surface area contributed by atoms with E-state index < -0.39 is 0 Å². The average Bonchev–Trinajstić information content (AvgIpc) is 2.56. The highest BCUT2D eigenvalue weighted by molar-refractivity contribution is 5.93. The van der Waals surface area contributed by atoms with Crippen molar-refractivity contribution in [3.63, 3.8) is 0 Å². The molecule has 0 amide bonds. The summed E-state index contributed by atoms with van der Waals surface area (Å²) in [5.74, 6) is 0. The number of nitrogens with one attached hydrogen (secondary N) is 1. The molecule has 0 aliphatic heterocycles. The molecule has 0 fully saturated rings. The van der Waals surface area contributed by atoms with Gasteiger partial charge in [0.1, 0.15) is 0 Å². The molecule has 0 bridgehead atoms. The molecule has 0 radical (unpaired) electrons. The van der Waals surface area contributed by atoms with Gasteiger partial charge >= 0.3 is 0 Å². The smallest absolute Gasteiger partial charge is 0.0516 e. The van der Waals surface area contributed by atoms with Crippen molar-refractivity contribution in [1.29, 1.82) is 0 Å². The lowest BCUT2D eigenvalue weighted by Gasteiger charge is -2.27. The second-order valence-corrected chi connectivity index (χ2v) is 5.81. The Morgan fingerprint density at radius 3 is 2.62 bits per heavy atom. The van der Waals surface area contributed by atoms with Crippen LogP contribution in [0.3, 0.4) is 0 Å². The number of benzene rings is 3. The first-order valence-electron chi connectivity index (χ1n) is 7.74. The normalized spacial score (nSPS) is 17.4. The Morgan fingerprint density at radius 2 is 1.62 bits per heavy atom. The molecule has 0 saturated heterocycles. The van der Waals surface area contributed by atoms with E-state index in [2.05, 4.69) is 72.0 Å². The molecule has 104 valence electrons. The Balaban J connectivity index is 1.73. The molecule has 1 atom stereocenters. The molecule has 0 aromatic heterocycles. The highest BCUT2D eigenvalue weighted by Crippen LogP contribution is 2.34. The Morgan fingerprint density at radius 1 is 0.810 bits per heavy atom. The molecule has 1 unspecified atom stereocenters. The van der Waals surface area contributed by atoms with Crippen LogP contribution in [0.4, 0.5) is 5.69 Å². The minimum Gasteiger partial charge on any atom is -0.378 e. The molecular formula is C20H19N. The molecule has 1 N–H and O–H groups in total. The van der Waals surface area contributed by atoms with E-state index in [0.717, 1.165) is 0 Å². The molecule has 0 spiro atoms. The standard InChI is InChI=1S/C20H19N/c1-3-11-17-15(7-1)9-5-13-19(17)21-20-14-6-10-16-8-2-4-12-18(16)20/h1-5,7-9,11-13,20-21H,6,10,14H2. The van der Waals surface area contributed by atoms with Crippen LogP contribution in [-0.4, -0.2) is 0 Å². The third-order valence-electron chi connectivity index (χ3n) is 4.49. The van der Waals surface area contributed by atoms with Crippen LogP contribution in [0.5, 0.6) is 0 Å². The van der Waals surface area contributed by atoms with Crippen molar-refractivity contribution >= 4 is 16.5 Å². The van der Waals surface area contributed by atoms with Crippen molar-refractivity contribution in [2.24, 2.45) is 0 Å². The van der Waals surface area contributed by atoms with Gasteiger partial charge in [0.25, 0.3) is 0 Å². The van der Waals surface area contributed by atoms with Gasteiger partial charge in [0.2, 0.25) is 0 Å². The number of fused-ring (bicyclic) bond motifs is 2. The summed E-state index contributed by atoms with van der Waals surface area (Å²) < 4.78 is 0. The molecular weight excluding hydrogens is 254 g/mol. The Bertz CT molecular complexity index is 770. The highest BCUT2D eigenvalue weighted by Gasteiger charge is 2.19. The number of aryl methyl sites for hydroxylation is 1. The first-order chi connectivity index (χ1) is 10.4. The number of rotatable bonds is 2. The lowest BCUT2D eigenvalue weighted by Crippen LogP contribution is -2.17. The van der Waals surface area contributed by atoms with Gasteiger partial charge in [0.05, 0.1) is 6.04 Å². The molecule has 4 rings (SSSR count). The minimum atomic E-state index is 0.431. The van der Waals surface area contributed by atoms with Gasteiger partial charge in [-0.3, -0.25) is 0 Å². The Labute approximate surface area is 125 Å².